The molecule has 3 aromatic rings. The van der Waals surface area contributed by atoms with Crippen molar-refractivity contribution in [3.8, 4) is 5.75 Å². The molecule has 0 aliphatic carbocycles. The molecule has 0 spiro atoms. The van der Waals surface area contributed by atoms with E-state index in [0.29, 0.717) is 38.5 Å². The molecule has 1 saturated heterocycles. The Morgan fingerprint density at radius 3 is 2.63 bits per heavy atom. The molecule has 0 radical (unpaired) electrons. The van der Waals surface area contributed by atoms with Gasteiger partial charge in [-0.1, -0.05) is 12.1 Å². The second kappa shape index (κ2) is 11.7. The molecule has 2 amide bonds. The van der Waals surface area contributed by atoms with Crippen LogP contribution in [0.5, 0.6) is 5.75 Å². The van der Waals surface area contributed by atoms with Gasteiger partial charge in [0.25, 0.3) is 0 Å². The molecule has 0 unspecified atom stereocenters. The molecule has 9 heteroatoms. The number of carbonyl (C=O) groups is 2. The van der Waals surface area contributed by atoms with E-state index >= 15 is 0 Å². The van der Waals surface area contributed by atoms with Crippen molar-refractivity contribution in [1.82, 2.24) is 14.8 Å². The molecule has 1 N–H and O–H groups in total. The van der Waals surface area contributed by atoms with Crippen LogP contribution in [0.25, 0.3) is 6.08 Å². The SMILES string of the molecule is Cc1nc(COc2cccc(/C=C/C(=O)N3CCN(CC(=O)Nc4ccc(F)cc4)CC3)c2)cs1. The number of thiazole rings is 1. The average molecular weight is 495 g/mol. The van der Waals surface area contributed by atoms with Gasteiger partial charge in [-0.05, 0) is 55.0 Å². The topological polar surface area (TPSA) is 74.8 Å². The van der Waals surface area contributed by atoms with Crippen LogP contribution in [0.15, 0.2) is 60.0 Å². The molecule has 1 fully saturated rings. The quantitative estimate of drug-likeness (QED) is 0.480. The number of aromatic nitrogens is 1. The molecule has 4 rings (SSSR count). The number of nitrogens with zero attached hydrogens (tertiary/aromatic N) is 3. The lowest BCUT2D eigenvalue weighted by Crippen LogP contribution is -2.50. The molecule has 1 aliphatic rings. The van der Waals surface area contributed by atoms with Crippen LogP contribution in [0.1, 0.15) is 16.3 Å². The molecule has 35 heavy (non-hydrogen) atoms. The highest BCUT2D eigenvalue weighted by atomic mass is 32.1. The van der Waals surface area contributed by atoms with E-state index in [-0.39, 0.29) is 24.2 Å². The summed E-state index contributed by atoms with van der Waals surface area (Å²) in [6.07, 6.45) is 3.35. The molecule has 1 aromatic heterocycles. The number of benzene rings is 2. The van der Waals surface area contributed by atoms with Crippen molar-refractivity contribution in [3.05, 3.63) is 82.1 Å². The molecular weight excluding hydrogens is 467 g/mol. The lowest BCUT2D eigenvalue weighted by atomic mass is 10.2. The molecular formula is C26H27FN4O3S. The summed E-state index contributed by atoms with van der Waals surface area (Å²) in [4.78, 5) is 33.0. The lowest BCUT2D eigenvalue weighted by Gasteiger charge is -2.33. The highest BCUT2D eigenvalue weighted by molar-refractivity contribution is 7.09. The number of piperazine rings is 1. The van der Waals surface area contributed by atoms with Crippen LogP contribution in [0.3, 0.4) is 0 Å². The van der Waals surface area contributed by atoms with Crippen LogP contribution in [0.2, 0.25) is 0 Å². The molecule has 0 saturated carbocycles. The summed E-state index contributed by atoms with van der Waals surface area (Å²) < 4.78 is 18.8. The van der Waals surface area contributed by atoms with E-state index in [1.165, 1.54) is 24.3 Å². The van der Waals surface area contributed by atoms with Crippen molar-refractivity contribution in [2.24, 2.45) is 0 Å². The Labute approximate surface area is 207 Å². The number of anilines is 1. The van der Waals surface area contributed by atoms with Crippen LogP contribution < -0.4 is 10.1 Å². The van der Waals surface area contributed by atoms with Gasteiger partial charge in [0.1, 0.15) is 18.2 Å². The van der Waals surface area contributed by atoms with Crippen molar-refractivity contribution in [3.63, 3.8) is 0 Å². The van der Waals surface area contributed by atoms with E-state index in [4.69, 9.17) is 4.74 Å². The number of rotatable bonds is 8. The normalized spacial score (nSPS) is 14.3. The molecule has 182 valence electrons. The van der Waals surface area contributed by atoms with Gasteiger partial charge in [0, 0.05) is 43.3 Å². The van der Waals surface area contributed by atoms with Crippen LogP contribution in [0.4, 0.5) is 10.1 Å². The molecule has 2 aromatic carbocycles. The summed E-state index contributed by atoms with van der Waals surface area (Å²) in [5, 5.41) is 5.75. The highest BCUT2D eigenvalue weighted by Gasteiger charge is 2.21. The average Bonchev–Trinajstić information content (AvgIpc) is 3.28. The summed E-state index contributed by atoms with van der Waals surface area (Å²) in [6, 6.07) is 13.2. The van der Waals surface area contributed by atoms with Gasteiger partial charge in [0.05, 0.1) is 17.2 Å². The third-order valence-corrected chi connectivity index (χ3v) is 6.33. The Balaban J connectivity index is 1.21. The predicted octanol–water partition coefficient (Wildman–Crippen LogP) is 3.97. The van der Waals surface area contributed by atoms with Crippen molar-refractivity contribution >= 4 is 34.9 Å². The van der Waals surface area contributed by atoms with E-state index in [1.54, 1.807) is 28.4 Å². The van der Waals surface area contributed by atoms with E-state index in [9.17, 15) is 14.0 Å². The molecule has 1 aliphatic heterocycles. The minimum Gasteiger partial charge on any atom is -0.487 e. The third kappa shape index (κ3) is 7.46. The van der Waals surface area contributed by atoms with Gasteiger partial charge in [-0.15, -0.1) is 11.3 Å². The van der Waals surface area contributed by atoms with Gasteiger partial charge < -0.3 is 15.0 Å². The Morgan fingerprint density at radius 2 is 1.91 bits per heavy atom. The number of amides is 2. The first kappa shape index (κ1) is 24.6. The summed E-state index contributed by atoms with van der Waals surface area (Å²) in [5.41, 5.74) is 2.33. The standard InChI is InChI=1S/C26H27FN4O3S/c1-19-28-23(18-35-19)17-34-24-4-2-3-20(15-24)5-10-26(33)31-13-11-30(12-14-31)16-25(32)29-22-8-6-21(27)7-9-22/h2-10,15,18H,11-14,16-17H2,1H3,(H,29,32)/b10-5+. The van der Waals surface area contributed by atoms with Crippen molar-refractivity contribution in [2.45, 2.75) is 13.5 Å². The zero-order chi connectivity index (χ0) is 24.6. The van der Waals surface area contributed by atoms with Gasteiger partial charge in [-0.3, -0.25) is 14.5 Å². The fraction of sp³-hybridized carbons (Fsp3) is 0.269. The summed E-state index contributed by atoms with van der Waals surface area (Å²) in [7, 11) is 0. The van der Waals surface area contributed by atoms with Crippen molar-refractivity contribution < 1.29 is 18.7 Å². The van der Waals surface area contributed by atoms with Gasteiger partial charge in [0.2, 0.25) is 11.8 Å². The van der Waals surface area contributed by atoms with E-state index in [2.05, 4.69) is 10.3 Å². The molecule has 2 heterocycles. The van der Waals surface area contributed by atoms with Gasteiger partial charge in [-0.2, -0.15) is 0 Å². The first-order valence-corrected chi connectivity index (χ1v) is 12.2. The maximum absolute atomic E-state index is 13.0. The third-order valence-electron chi connectivity index (χ3n) is 5.51. The van der Waals surface area contributed by atoms with Gasteiger partial charge in [0.15, 0.2) is 0 Å². The summed E-state index contributed by atoms with van der Waals surface area (Å²) in [5.74, 6) is 0.145. The van der Waals surface area contributed by atoms with Crippen LogP contribution >= 0.6 is 11.3 Å². The Kier molecular flexibility index (Phi) is 8.23. The van der Waals surface area contributed by atoms with Crippen LogP contribution in [0, 0.1) is 12.7 Å². The second-order valence-corrected chi connectivity index (χ2v) is 9.27. The largest absolute Gasteiger partial charge is 0.487 e. The van der Waals surface area contributed by atoms with Crippen molar-refractivity contribution in [2.75, 3.05) is 38.0 Å². The second-order valence-electron chi connectivity index (χ2n) is 8.21. The van der Waals surface area contributed by atoms with E-state index < -0.39 is 0 Å². The first-order chi connectivity index (χ1) is 16.9. The fourth-order valence-electron chi connectivity index (χ4n) is 3.68. The zero-order valence-electron chi connectivity index (χ0n) is 19.4. The molecule has 7 nitrogen and oxygen atoms in total. The minimum absolute atomic E-state index is 0.0651. The monoisotopic (exact) mass is 494 g/mol. The van der Waals surface area contributed by atoms with Crippen LogP contribution in [-0.4, -0.2) is 59.3 Å². The van der Waals surface area contributed by atoms with E-state index in [0.717, 1.165) is 22.0 Å². The fourth-order valence-corrected chi connectivity index (χ4v) is 4.27. The Bertz CT molecular complexity index is 1190. The number of hydrogen-bond acceptors (Lipinski definition) is 6. The van der Waals surface area contributed by atoms with Gasteiger partial charge in [-0.25, -0.2) is 9.37 Å². The minimum atomic E-state index is -0.347. The maximum atomic E-state index is 13.0. The number of aryl methyl sites for hydroxylation is 1. The van der Waals surface area contributed by atoms with Gasteiger partial charge >= 0.3 is 0 Å². The first-order valence-electron chi connectivity index (χ1n) is 11.3. The number of carbonyl (C=O) groups excluding carboxylic acids is 2. The van der Waals surface area contributed by atoms with Crippen LogP contribution in [-0.2, 0) is 16.2 Å². The maximum Gasteiger partial charge on any atom is 0.246 e. The summed E-state index contributed by atoms with van der Waals surface area (Å²) in [6.45, 7) is 4.90. The van der Waals surface area contributed by atoms with E-state index in [1.807, 2.05) is 41.5 Å². The summed E-state index contributed by atoms with van der Waals surface area (Å²) >= 11 is 1.59. The number of halogens is 1. The molecule has 0 bridgehead atoms. The highest BCUT2D eigenvalue weighted by Crippen LogP contribution is 2.17. The molecule has 0 atom stereocenters. The zero-order valence-corrected chi connectivity index (χ0v) is 20.3. The Morgan fingerprint density at radius 1 is 1.14 bits per heavy atom. The lowest BCUT2D eigenvalue weighted by molar-refractivity contribution is -0.127. The smallest absolute Gasteiger partial charge is 0.246 e. The predicted molar refractivity (Wildman–Crippen MR) is 135 cm³/mol. The Hall–Kier alpha value is -3.56. The number of nitrogens with one attached hydrogen (secondary N) is 1. The number of ether oxygens (including phenoxy) is 1. The number of hydrogen-bond donors (Lipinski definition) is 1. The van der Waals surface area contributed by atoms with Crippen molar-refractivity contribution in [1.29, 1.82) is 0 Å².